The number of likely N-dealkylation sites (tertiary alicyclic amines) is 1. The van der Waals surface area contributed by atoms with Crippen LogP contribution in [0.4, 0.5) is 0 Å². The molecule has 1 N–H and O–H groups in total. The van der Waals surface area contributed by atoms with E-state index in [1.807, 2.05) is 4.90 Å². The molecule has 1 unspecified atom stereocenters. The Morgan fingerprint density at radius 1 is 1.31 bits per heavy atom. The summed E-state index contributed by atoms with van der Waals surface area (Å²) in [4.78, 5) is 25.9. The second-order valence-electron chi connectivity index (χ2n) is 6.69. The van der Waals surface area contributed by atoms with E-state index in [0.717, 1.165) is 19.5 Å². The Bertz CT molecular complexity index is 625. The summed E-state index contributed by atoms with van der Waals surface area (Å²) in [6, 6.07) is 5.19. The number of ether oxygens (including phenoxy) is 1. The van der Waals surface area contributed by atoms with Crippen LogP contribution in [0, 0.1) is 5.92 Å². The molecule has 0 aromatic heterocycles. The van der Waals surface area contributed by atoms with Crippen molar-refractivity contribution in [1.29, 1.82) is 0 Å². The molecule has 144 valence electrons. The molecule has 1 aliphatic heterocycles. The van der Waals surface area contributed by atoms with Gasteiger partial charge in [-0.2, -0.15) is 0 Å². The minimum Gasteiger partial charge on any atom is -0.492 e. The van der Waals surface area contributed by atoms with E-state index in [2.05, 4.69) is 12.2 Å². The summed E-state index contributed by atoms with van der Waals surface area (Å²) in [6.45, 7) is 4.58. The highest BCUT2D eigenvalue weighted by Gasteiger charge is 2.20. The predicted molar refractivity (Wildman–Crippen MR) is 104 cm³/mol. The molecule has 0 spiro atoms. The minimum atomic E-state index is -0.0781. The molecule has 1 aromatic carbocycles. The van der Waals surface area contributed by atoms with Gasteiger partial charge in [-0.1, -0.05) is 36.2 Å². The number of hydrogen-bond donors (Lipinski definition) is 1. The van der Waals surface area contributed by atoms with Gasteiger partial charge in [0, 0.05) is 32.5 Å². The fourth-order valence-electron chi connectivity index (χ4n) is 2.98. The van der Waals surface area contributed by atoms with E-state index < -0.39 is 0 Å². The quantitative estimate of drug-likeness (QED) is 0.672. The van der Waals surface area contributed by atoms with Crippen LogP contribution >= 0.6 is 23.2 Å². The molecule has 0 bridgehead atoms. The second kappa shape index (κ2) is 10.6. The van der Waals surface area contributed by atoms with Gasteiger partial charge in [-0.05, 0) is 37.3 Å². The summed E-state index contributed by atoms with van der Waals surface area (Å²) in [5, 5.41) is 3.61. The van der Waals surface area contributed by atoms with Crippen LogP contribution in [-0.2, 0) is 9.59 Å². The van der Waals surface area contributed by atoms with Gasteiger partial charge in [-0.15, -0.1) is 0 Å². The number of carbonyl (C=O) groups is 2. The highest BCUT2D eigenvalue weighted by Crippen LogP contribution is 2.31. The first kappa shape index (κ1) is 20.8. The average molecular weight is 401 g/mol. The largest absolute Gasteiger partial charge is 0.492 e. The van der Waals surface area contributed by atoms with Crippen molar-refractivity contribution >= 4 is 35.0 Å². The molecule has 26 heavy (non-hydrogen) atoms. The summed E-state index contributed by atoms with van der Waals surface area (Å²) >= 11 is 12.0. The molecule has 0 radical (unpaired) electrons. The van der Waals surface area contributed by atoms with Crippen molar-refractivity contribution in [3.05, 3.63) is 28.2 Å². The highest BCUT2D eigenvalue weighted by atomic mass is 35.5. The Morgan fingerprint density at radius 2 is 2.12 bits per heavy atom. The molecule has 1 fully saturated rings. The molecule has 1 heterocycles. The standard InChI is InChI=1S/C19H26Cl2N2O3/c1-14-5-3-11-23(13-14)18(25)9-10-22-17(24)8-4-12-26-16-7-2-6-15(20)19(16)21/h2,6-7,14H,3-5,8-13H2,1H3,(H,22,24). The van der Waals surface area contributed by atoms with E-state index in [1.54, 1.807) is 18.2 Å². The first-order chi connectivity index (χ1) is 12.5. The molecular formula is C19H26Cl2N2O3. The maximum Gasteiger partial charge on any atom is 0.224 e. The fourth-order valence-corrected chi connectivity index (χ4v) is 3.33. The van der Waals surface area contributed by atoms with E-state index >= 15 is 0 Å². The Kier molecular flexibility index (Phi) is 8.52. The zero-order valence-corrected chi connectivity index (χ0v) is 16.6. The van der Waals surface area contributed by atoms with Crippen molar-refractivity contribution in [1.82, 2.24) is 10.2 Å². The summed E-state index contributed by atoms with van der Waals surface area (Å²) in [5.74, 6) is 1.12. The molecular weight excluding hydrogens is 375 g/mol. The van der Waals surface area contributed by atoms with Crippen LogP contribution in [0.1, 0.15) is 39.0 Å². The van der Waals surface area contributed by atoms with Crippen LogP contribution in [0.5, 0.6) is 5.75 Å². The van der Waals surface area contributed by atoms with Crippen LogP contribution in [0.15, 0.2) is 18.2 Å². The summed E-state index contributed by atoms with van der Waals surface area (Å²) in [6.07, 6.45) is 3.51. The van der Waals surface area contributed by atoms with Gasteiger partial charge < -0.3 is 15.0 Å². The van der Waals surface area contributed by atoms with Crippen LogP contribution in [0.25, 0.3) is 0 Å². The van der Waals surface area contributed by atoms with E-state index in [4.69, 9.17) is 27.9 Å². The lowest BCUT2D eigenvalue weighted by Gasteiger charge is -2.31. The summed E-state index contributed by atoms with van der Waals surface area (Å²) in [7, 11) is 0. The van der Waals surface area contributed by atoms with E-state index in [1.165, 1.54) is 6.42 Å². The normalized spacial score (nSPS) is 17.0. The molecule has 2 amide bonds. The third-order valence-electron chi connectivity index (χ3n) is 4.39. The van der Waals surface area contributed by atoms with Crippen molar-refractivity contribution in [2.24, 2.45) is 5.92 Å². The first-order valence-corrected chi connectivity index (χ1v) is 9.84. The number of amides is 2. The van der Waals surface area contributed by atoms with Gasteiger partial charge in [-0.25, -0.2) is 0 Å². The van der Waals surface area contributed by atoms with Gasteiger partial charge in [0.15, 0.2) is 0 Å². The molecule has 1 saturated heterocycles. The van der Waals surface area contributed by atoms with Gasteiger partial charge in [0.1, 0.15) is 10.8 Å². The lowest BCUT2D eigenvalue weighted by molar-refractivity contribution is -0.132. The van der Waals surface area contributed by atoms with Gasteiger partial charge in [-0.3, -0.25) is 9.59 Å². The van der Waals surface area contributed by atoms with E-state index in [-0.39, 0.29) is 11.8 Å². The van der Waals surface area contributed by atoms with Crippen LogP contribution < -0.4 is 10.1 Å². The number of nitrogens with one attached hydrogen (secondary N) is 1. The summed E-state index contributed by atoms with van der Waals surface area (Å²) < 4.78 is 5.54. The molecule has 5 nitrogen and oxygen atoms in total. The number of carbonyl (C=O) groups excluding carboxylic acids is 2. The van der Waals surface area contributed by atoms with E-state index in [9.17, 15) is 9.59 Å². The number of rotatable bonds is 8. The number of nitrogens with zero attached hydrogens (tertiary/aromatic N) is 1. The third kappa shape index (κ3) is 6.69. The predicted octanol–water partition coefficient (Wildman–Crippen LogP) is 3.92. The van der Waals surface area contributed by atoms with Crippen molar-refractivity contribution in [2.75, 3.05) is 26.2 Å². The Labute approximate surface area is 165 Å². The molecule has 1 atom stereocenters. The lowest BCUT2D eigenvalue weighted by Crippen LogP contribution is -2.40. The molecule has 1 aromatic rings. The topological polar surface area (TPSA) is 58.6 Å². The fraction of sp³-hybridized carbons (Fsp3) is 0.579. The monoisotopic (exact) mass is 400 g/mol. The van der Waals surface area contributed by atoms with Crippen molar-refractivity contribution in [2.45, 2.75) is 39.0 Å². The Balaban J connectivity index is 1.57. The maximum absolute atomic E-state index is 12.1. The molecule has 0 aliphatic carbocycles. The van der Waals surface area contributed by atoms with Gasteiger partial charge in [0.25, 0.3) is 0 Å². The lowest BCUT2D eigenvalue weighted by atomic mass is 10.00. The minimum absolute atomic E-state index is 0.0781. The molecule has 2 rings (SSSR count). The zero-order chi connectivity index (χ0) is 18.9. The number of hydrogen-bond acceptors (Lipinski definition) is 3. The van der Waals surface area contributed by atoms with Crippen molar-refractivity contribution in [3.8, 4) is 5.75 Å². The highest BCUT2D eigenvalue weighted by molar-refractivity contribution is 6.42. The van der Waals surface area contributed by atoms with Gasteiger partial charge in [0.2, 0.25) is 11.8 Å². The smallest absolute Gasteiger partial charge is 0.224 e. The Hall–Kier alpha value is -1.46. The first-order valence-electron chi connectivity index (χ1n) is 9.08. The van der Waals surface area contributed by atoms with Gasteiger partial charge >= 0.3 is 0 Å². The van der Waals surface area contributed by atoms with E-state index in [0.29, 0.717) is 54.1 Å². The molecule has 1 aliphatic rings. The zero-order valence-electron chi connectivity index (χ0n) is 15.1. The van der Waals surface area contributed by atoms with Crippen LogP contribution in [-0.4, -0.2) is 43.0 Å². The summed E-state index contributed by atoms with van der Waals surface area (Å²) in [5.41, 5.74) is 0. The molecule has 7 heteroatoms. The van der Waals surface area contributed by atoms with Crippen LogP contribution in [0.2, 0.25) is 10.0 Å². The van der Waals surface area contributed by atoms with Gasteiger partial charge in [0.05, 0.1) is 11.6 Å². The third-order valence-corrected chi connectivity index (χ3v) is 5.19. The molecule has 0 saturated carbocycles. The van der Waals surface area contributed by atoms with Crippen LogP contribution in [0.3, 0.4) is 0 Å². The number of piperidine rings is 1. The van der Waals surface area contributed by atoms with Crippen molar-refractivity contribution in [3.63, 3.8) is 0 Å². The number of halogens is 2. The van der Waals surface area contributed by atoms with Crippen molar-refractivity contribution < 1.29 is 14.3 Å². The Morgan fingerprint density at radius 3 is 2.88 bits per heavy atom. The SMILES string of the molecule is CC1CCCN(C(=O)CCNC(=O)CCCOc2cccc(Cl)c2Cl)C1. The second-order valence-corrected chi connectivity index (χ2v) is 7.48. The average Bonchev–Trinajstić information content (AvgIpc) is 2.62. The number of benzene rings is 1. The maximum atomic E-state index is 12.1.